The van der Waals surface area contributed by atoms with Gasteiger partial charge >= 0.3 is 5.97 Å². The summed E-state index contributed by atoms with van der Waals surface area (Å²) in [5.74, 6) is -0.925. The first kappa shape index (κ1) is 15.3. The van der Waals surface area contributed by atoms with E-state index in [0.717, 1.165) is 12.8 Å². The summed E-state index contributed by atoms with van der Waals surface area (Å²) in [5.41, 5.74) is 0. The molecular formula is C13H23NO3S. The van der Waals surface area contributed by atoms with Crippen molar-refractivity contribution < 1.29 is 14.7 Å². The molecule has 0 bridgehead atoms. The number of amides is 1. The summed E-state index contributed by atoms with van der Waals surface area (Å²) in [6.45, 7) is 5.03. The van der Waals surface area contributed by atoms with Crippen LogP contribution in [0, 0.1) is 0 Å². The van der Waals surface area contributed by atoms with Gasteiger partial charge in [-0.15, -0.1) is 11.8 Å². The summed E-state index contributed by atoms with van der Waals surface area (Å²) in [6.07, 6.45) is 5.69. The summed E-state index contributed by atoms with van der Waals surface area (Å²) in [5, 5.41) is 11.7. The number of hydrogen-bond donors (Lipinski definition) is 2. The van der Waals surface area contributed by atoms with E-state index in [9.17, 15) is 9.59 Å². The van der Waals surface area contributed by atoms with Crippen molar-refractivity contribution in [1.82, 2.24) is 5.32 Å². The number of hydrogen-bond acceptors (Lipinski definition) is 3. The Bertz CT molecular complexity index is 311. The minimum Gasteiger partial charge on any atom is -0.480 e. The Morgan fingerprint density at radius 3 is 2.33 bits per heavy atom. The van der Waals surface area contributed by atoms with Gasteiger partial charge in [-0.3, -0.25) is 9.59 Å². The van der Waals surface area contributed by atoms with Gasteiger partial charge in [0, 0.05) is 6.04 Å². The van der Waals surface area contributed by atoms with Crippen LogP contribution in [0.15, 0.2) is 0 Å². The molecule has 5 heteroatoms. The van der Waals surface area contributed by atoms with Crippen molar-refractivity contribution in [2.24, 2.45) is 0 Å². The maximum Gasteiger partial charge on any atom is 0.319 e. The van der Waals surface area contributed by atoms with Gasteiger partial charge in [0.2, 0.25) is 5.91 Å². The van der Waals surface area contributed by atoms with Crippen molar-refractivity contribution >= 4 is 23.6 Å². The predicted molar refractivity (Wildman–Crippen MR) is 73.8 cm³/mol. The lowest BCUT2D eigenvalue weighted by atomic mass is 9.95. The highest BCUT2D eigenvalue weighted by Gasteiger charge is 2.32. The zero-order chi connectivity index (χ0) is 13.8. The van der Waals surface area contributed by atoms with Crippen LogP contribution in [0.25, 0.3) is 0 Å². The Morgan fingerprint density at radius 2 is 1.83 bits per heavy atom. The molecule has 1 aliphatic carbocycles. The molecule has 0 aromatic rings. The number of carboxylic acid groups (broad SMARTS) is 1. The maximum absolute atomic E-state index is 12.0. The summed E-state index contributed by atoms with van der Waals surface area (Å²) < 4.78 is -0.927. The number of nitrogens with one attached hydrogen (secondary N) is 1. The highest BCUT2D eigenvalue weighted by Crippen LogP contribution is 2.29. The van der Waals surface area contributed by atoms with Crippen molar-refractivity contribution in [3.8, 4) is 0 Å². The van der Waals surface area contributed by atoms with Gasteiger partial charge in [0.1, 0.15) is 4.75 Å². The molecule has 4 nitrogen and oxygen atoms in total. The molecule has 0 radical (unpaired) electrons. The topological polar surface area (TPSA) is 66.4 Å². The molecule has 1 rings (SSSR count). The van der Waals surface area contributed by atoms with Crippen molar-refractivity contribution in [1.29, 1.82) is 0 Å². The fourth-order valence-electron chi connectivity index (χ4n) is 2.11. The second-order valence-electron chi connectivity index (χ2n) is 5.42. The Labute approximate surface area is 113 Å². The Morgan fingerprint density at radius 1 is 1.28 bits per heavy atom. The number of rotatable bonds is 5. The average Bonchev–Trinajstić information content (AvgIpc) is 2.29. The Kier molecular flexibility index (Phi) is 5.50. The lowest BCUT2D eigenvalue weighted by Gasteiger charge is -2.27. The fourth-order valence-corrected chi connectivity index (χ4v) is 3.27. The molecule has 1 unspecified atom stereocenters. The molecule has 1 saturated carbocycles. The summed E-state index contributed by atoms with van der Waals surface area (Å²) in [4.78, 5) is 23.0. The molecule has 1 aliphatic rings. The van der Waals surface area contributed by atoms with Gasteiger partial charge in [0.25, 0.3) is 0 Å². The van der Waals surface area contributed by atoms with E-state index in [1.807, 2.05) is 0 Å². The van der Waals surface area contributed by atoms with Crippen molar-refractivity contribution in [3.63, 3.8) is 0 Å². The Balaban J connectivity index is 2.43. The molecule has 104 valence electrons. The monoisotopic (exact) mass is 273 g/mol. The number of carbonyl (C=O) groups is 2. The third-order valence-electron chi connectivity index (χ3n) is 3.31. The molecule has 1 atom stereocenters. The van der Waals surface area contributed by atoms with Crippen LogP contribution in [-0.2, 0) is 9.59 Å². The third-order valence-corrected chi connectivity index (χ3v) is 4.64. The van der Waals surface area contributed by atoms with E-state index in [0.29, 0.717) is 0 Å². The first-order valence-electron chi connectivity index (χ1n) is 6.54. The number of aliphatic carboxylic acids is 1. The van der Waals surface area contributed by atoms with Crippen LogP contribution in [-0.4, -0.2) is 33.0 Å². The zero-order valence-corrected chi connectivity index (χ0v) is 12.2. The summed E-state index contributed by atoms with van der Waals surface area (Å²) in [6, 6.07) is 0.280. The van der Waals surface area contributed by atoms with Crippen LogP contribution < -0.4 is 5.32 Å². The quantitative estimate of drug-likeness (QED) is 0.807. The number of carbonyl (C=O) groups excluding carboxylic acids is 1. The molecule has 2 N–H and O–H groups in total. The van der Waals surface area contributed by atoms with E-state index >= 15 is 0 Å². The highest BCUT2D eigenvalue weighted by atomic mass is 32.2. The molecule has 0 aliphatic heterocycles. The van der Waals surface area contributed by atoms with E-state index in [-0.39, 0.29) is 17.2 Å². The first-order valence-corrected chi connectivity index (χ1v) is 7.42. The molecule has 0 saturated heterocycles. The van der Waals surface area contributed by atoms with Gasteiger partial charge in [0.15, 0.2) is 0 Å². The lowest BCUT2D eigenvalue weighted by molar-refractivity contribution is -0.138. The second kappa shape index (κ2) is 6.45. The van der Waals surface area contributed by atoms with Gasteiger partial charge in [-0.25, -0.2) is 0 Å². The van der Waals surface area contributed by atoms with Gasteiger partial charge in [-0.05, 0) is 33.6 Å². The molecular weight excluding hydrogens is 250 g/mol. The molecule has 0 aromatic heterocycles. The zero-order valence-electron chi connectivity index (χ0n) is 11.4. The van der Waals surface area contributed by atoms with E-state index in [2.05, 4.69) is 5.32 Å². The minimum atomic E-state index is -0.927. The van der Waals surface area contributed by atoms with Crippen LogP contribution in [0.4, 0.5) is 0 Å². The van der Waals surface area contributed by atoms with Crippen LogP contribution >= 0.6 is 11.8 Å². The molecule has 18 heavy (non-hydrogen) atoms. The standard InChI is InChI=1S/C13H23NO3S/c1-9(18-13(2,3)12(16)17)11(15)14-10-7-5-4-6-8-10/h9-10H,4-8H2,1-3H3,(H,14,15)(H,16,17). The molecule has 0 heterocycles. The third kappa shape index (κ3) is 4.52. The van der Waals surface area contributed by atoms with Crippen LogP contribution in [0.3, 0.4) is 0 Å². The fraction of sp³-hybridized carbons (Fsp3) is 0.846. The number of thioether (sulfide) groups is 1. The second-order valence-corrected chi connectivity index (χ2v) is 7.38. The number of carboxylic acids is 1. The molecule has 1 amide bonds. The molecule has 1 fully saturated rings. The minimum absolute atomic E-state index is 0.0405. The largest absolute Gasteiger partial charge is 0.480 e. The molecule has 0 aromatic carbocycles. The van der Waals surface area contributed by atoms with Gasteiger partial charge in [0.05, 0.1) is 5.25 Å². The van der Waals surface area contributed by atoms with Gasteiger partial charge in [-0.2, -0.15) is 0 Å². The van der Waals surface area contributed by atoms with Crippen molar-refractivity contribution in [2.75, 3.05) is 0 Å². The predicted octanol–water partition coefficient (Wildman–Crippen LogP) is 2.42. The first-order chi connectivity index (χ1) is 8.33. The van der Waals surface area contributed by atoms with Gasteiger partial charge < -0.3 is 10.4 Å². The Hall–Kier alpha value is -0.710. The average molecular weight is 273 g/mol. The van der Waals surface area contributed by atoms with E-state index < -0.39 is 10.7 Å². The van der Waals surface area contributed by atoms with Crippen LogP contribution in [0.5, 0.6) is 0 Å². The molecule has 0 spiro atoms. The lowest BCUT2D eigenvalue weighted by Crippen LogP contribution is -2.42. The maximum atomic E-state index is 12.0. The SMILES string of the molecule is CC(SC(C)(C)C(=O)O)C(=O)NC1CCCCC1. The van der Waals surface area contributed by atoms with Crippen LogP contribution in [0.2, 0.25) is 0 Å². The van der Waals surface area contributed by atoms with E-state index in [1.165, 1.54) is 31.0 Å². The highest BCUT2D eigenvalue weighted by molar-refractivity contribution is 8.02. The van der Waals surface area contributed by atoms with Crippen molar-refractivity contribution in [2.45, 2.75) is 68.9 Å². The van der Waals surface area contributed by atoms with Gasteiger partial charge in [-0.1, -0.05) is 19.3 Å². The normalized spacial score (nSPS) is 19.3. The van der Waals surface area contributed by atoms with Crippen LogP contribution in [0.1, 0.15) is 52.9 Å². The van der Waals surface area contributed by atoms with E-state index in [1.54, 1.807) is 20.8 Å². The summed E-state index contributed by atoms with van der Waals surface area (Å²) >= 11 is 1.20. The smallest absolute Gasteiger partial charge is 0.319 e. The van der Waals surface area contributed by atoms with E-state index in [4.69, 9.17) is 5.11 Å². The van der Waals surface area contributed by atoms with Crippen molar-refractivity contribution in [3.05, 3.63) is 0 Å². The summed E-state index contributed by atoms with van der Waals surface area (Å²) in [7, 11) is 0.